The number of nitrogens with one attached hydrogen (secondary N) is 1. The van der Waals surface area contributed by atoms with Crippen molar-refractivity contribution >= 4 is 17.2 Å². The van der Waals surface area contributed by atoms with Gasteiger partial charge in [-0.15, -0.1) is 0 Å². The number of thiocarbonyl (C=S) groups is 1. The van der Waals surface area contributed by atoms with Gasteiger partial charge in [0.05, 0.1) is 6.61 Å². The van der Waals surface area contributed by atoms with Gasteiger partial charge in [-0.05, 0) is 0 Å². The van der Waals surface area contributed by atoms with E-state index >= 15 is 0 Å². The van der Waals surface area contributed by atoms with E-state index in [1.165, 1.54) is 0 Å². The van der Waals surface area contributed by atoms with Crippen LogP contribution in [0.2, 0.25) is 0 Å². The van der Waals surface area contributed by atoms with Crippen molar-refractivity contribution < 1.29 is 4.74 Å². The van der Waals surface area contributed by atoms with Gasteiger partial charge in [0, 0.05) is 19.2 Å². The average Bonchev–Trinajstić information content (AvgIpc) is 2.19. The number of ether oxygens (including phenoxy) is 1. The van der Waals surface area contributed by atoms with Gasteiger partial charge >= 0.3 is 0 Å². The Morgan fingerprint density at radius 1 is 1.38 bits per heavy atom. The molecule has 0 saturated carbocycles. The van der Waals surface area contributed by atoms with E-state index in [9.17, 15) is 0 Å². The lowest BCUT2D eigenvalue weighted by Crippen LogP contribution is -2.25. The normalized spacial score (nSPS) is 9.62. The van der Waals surface area contributed by atoms with Crippen LogP contribution in [-0.2, 0) is 4.74 Å². The molecular weight excluding hydrogens is 182 g/mol. The lowest BCUT2D eigenvalue weighted by molar-refractivity contribution is 0.204. The summed E-state index contributed by atoms with van der Waals surface area (Å²) in [7, 11) is 1.67. The second-order valence-electron chi connectivity index (χ2n) is 2.61. The Morgan fingerprint density at radius 2 is 2.08 bits per heavy atom. The molecule has 1 aromatic carbocycles. The maximum absolute atomic E-state index is 5.17. The van der Waals surface area contributed by atoms with Gasteiger partial charge in [0.25, 0.3) is 0 Å². The molecule has 0 aliphatic heterocycles. The lowest BCUT2D eigenvalue weighted by atomic mass is 10.2. The molecule has 13 heavy (non-hydrogen) atoms. The second kappa shape index (κ2) is 5.67. The van der Waals surface area contributed by atoms with Gasteiger partial charge in [0.1, 0.15) is 4.99 Å². The highest BCUT2D eigenvalue weighted by atomic mass is 32.1. The number of hydrogen-bond acceptors (Lipinski definition) is 2. The summed E-state index contributed by atoms with van der Waals surface area (Å²) in [5.74, 6) is 0. The molecule has 0 saturated heterocycles. The van der Waals surface area contributed by atoms with Crippen molar-refractivity contribution in [3.63, 3.8) is 0 Å². The van der Waals surface area contributed by atoms with Gasteiger partial charge in [0.2, 0.25) is 0 Å². The molecule has 0 aromatic heterocycles. The van der Waals surface area contributed by atoms with Gasteiger partial charge < -0.3 is 10.1 Å². The van der Waals surface area contributed by atoms with Gasteiger partial charge in [-0.2, -0.15) is 0 Å². The fourth-order valence-corrected chi connectivity index (χ4v) is 1.20. The van der Waals surface area contributed by atoms with E-state index in [2.05, 4.69) is 5.32 Å². The Kier molecular flexibility index (Phi) is 4.43. The number of rotatable bonds is 4. The van der Waals surface area contributed by atoms with Crippen molar-refractivity contribution in [1.29, 1.82) is 0 Å². The molecule has 0 atom stereocenters. The van der Waals surface area contributed by atoms with E-state index in [-0.39, 0.29) is 0 Å². The quantitative estimate of drug-likeness (QED) is 0.582. The molecule has 0 bridgehead atoms. The highest BCUT2D eigenvalue weighted by Gasteiger charge is 1.97. The zero-order valence-electron chi connectivity index (χ0n) is 7.62. The van der Waals surface area contributed by atoms with Crippen LogP contribution in [0.1, 0.15) is 5.56 Å². The van der Waals surface area contributed by atoms with E-state index in [1.54, 1.807) is 7.11 Å². The SMILES string of the molecule is COCCNC(=S)c1ccccc1. The highest BCUT2D eigenvalue weighted by Crippen LogP contribution is 1.98. The molecule has 0 amide bonds. The highest BCUT2D eigenvalue weighted by molar-refractivity contribution is 7.80. The predicted octanol–water partition coefficient (Wildman–Crippen LogP) is 1.60. The summed E-state index contributed by atoms with van der Waals surface area (Å²) in [6.45, 7) is 1.43. The van der Waals surface area contributed by atoms with E-state index < -0.39 is 0 Å². The molecule has 0 aliphatic rings. The third kappa shape index (κ3) is 3.53. The van der Waals surface area contributed by atoms with Crippen molar-refractivity contribution in [2.75, 3.05) is 20.3 Å². The van der Waals surface area contributed by atoms with Crippen LogP contribution in [-0.4, -0.2) is 25.2 Å². The summed E-state index contributed by atoms with van der Waals surface area (Å²) in [4.78, 5) is 0.776. The van der Waals surface area contributed by atoms with Crippen molar-refractivity contribution in [1.82, 2.24) is 5.32 Å². The second-order valence-corrected chi connectivity index (χ2v) is 3.02. The Hall–Kier alpha value is -0.930. The standard InChI is InChI=1S/C10H13NOS/c1-12-8-7-11-10(13)9-5-3-2-4-6-9/h2-6H,7-8H2,1H3,(H,11,13). The zero-order chi connectivity index (χ0) is 9.52. The Bertz CT molecular complexity index is 261. The summed E-state index contributed by atoms with van der Waals surface area (Å²) in [6.07, 6.45) is 0. The van der Waals surface area contributed by atoms with Crippen LogP contribution in [0.25, 0.3) is 0 Å². The molecule has 0 aliphatic carbocycles. The summed E-state index contributed by atoms with van der Waals surface area (Å²) in [6, 6.07) is 9.89. The van der Waals surface area contributed by atoms with Crippen molar-refractivity contribution in [3.8, 4) is 0 Å². The zero-order valence-corrected chi connectivity index (χ0v) is 8.43. The summed E-state index contributed by atoms with van der Waals surface area (Å²) in [5.41, 5.74) is 1.05. The molecule has 1 rings (SSSR count). The molecule has 3 heteroatoms. The first-order chi connectivity index (χ1) is 6.34. The van der Waals surface area contributed by atoms with Crippen LogP contribution in [0, 0.1) is 0 Å². The maximum Gasteiger partial charge on any atom is 0.106 e. The van der Waals surface area contributed by atoms with E-state index in [0.717, 1.165) is 17.1 Å². The monoisotopic (exact) mass is 195 g/mol. The molecule has 2 nitrogen and oxygen atoms in total. The minimum Gasteiger partial charge on any atom is -0.383 e. The summed E-state index contributed by atoms with van der Waals surface area (Å²) < 4.78 is 4.91. The predicted molar refractivity (Wildman–Crippen MR) is 58.0 cm³/mol. The first-order valence-corrected chi connectivity index (χ1v) is 4.57. The largest absolute Gasteiger partial charge is 0.383 e. The van der Waals surface area contributed by atoms with E-state index in [4.69, 9.17) is 17.0 Å². The molecular formula is C10H13NOS. The van der Waals surface area contributed by atoms with Crippen molar-refractivity contribution in [2.24, 2.45) is 0 Å². The molecule has 0 radical (unpaired) electrons. The molecule has 1 N–H and O–H groups in total. The molecule has 1 aromatic rings. The summed E-state index contributed by atoms with van der Waals surface area (Å²) in [5, 5.41) is 3.11. The van der Waals surface area contributed by atoms with Crippen LogP contribution < -0.4 is 5.32 Å². The van der Waals surface area contributed by atoms with Gasteiger partial charge in [-0.3, -0.25) is 0 Å². The van der Waals surface area contributed by atoms with E-state index in [0.29, 0.717) is 6.61 Å². The third-order valence-corrected chi connectivity index (χ3v) is 2.01. The maximum atomic E-state index is 5.17. The molecule has 0 unspecified atom stereocenters. The van der Waals surface area contributed by atoms with Gasteiger partial charge in [0.15, 0.2) is 0 Å². The van der Waals surface area contributed by atoms with Crippen LogP contribution in [0.4, 0.5) is 0 Å². The first-order valence-electron chi connectivity index (χ1n) is 4.17. The smallest absolute Gasteiger partial charge is 0.106 e. The van der Waals surface area contributed by atoms with Gasteiger partial charge in [-0.1, -0.05) is 42.5 Å². The fourth-order valence-electron chi connectivity index (χ4n) is 0.958. The van der Waals surface area contributed by atoms with E-state index in [1.807, 2.05) is 30.3 Å². The van der Waals surface area contributed by atoms with Gasteiger partial charge in [-0.25, -0.2) is 0 Å². The third-order valence-electron chi connectivity index (χ3n) is 1.63. The Balaban J connectivity index is 2.40. The Morgan fingerprint density at radius 3 is 2.69 bits per heavy atom. The first kappa shape index (κ1) is 10.2. The Labute approximate surface area is 83.9 Å². The van der Waals surface area contributed by atoms with Crippen LogP contribution in [0.5, 0.6) is 0 Å². The average molecular weight is 195 g/mol. The molecule has 70 valence electrons. The minimum absolute atomic E-state index is 0.674. The topological polar surface area (TPSA) is 21.3 Å². The van der Waals surface area contributed by atoms with Crippen LogP contribution in [0.15, 0.2) is 30.3 Å². The molecule has 0 heterocycles. The van der Waals surface area contributed by atoms with Crippen LogP contribution in [0.3, 0.4) is 0 Å². The van der Waals surface area contributed by atoms with Crippen molar-refractivity contribution in [3.05, 3.63) is 35.9 Å². The number of methoxy groups -OCH3 is 1. The minimum atomic E-state index is 0.674. The lowest BCUT2D eigenvalue weighted by Gasteiger charge is -2.06. The number of hydrogen-bond donors (Lipinski definition) is 1. The molecule has 0 spiro atoms. The molecule has 0 fully saturated rings. The van der Waals surface area contributed by atoms with Crippen LogP contribution >= 0.6 is 12.2 Å². The fraction of sp³-hybridized carbons (Fsp3) is 0.300. The summed E-state index contributed by atoms with van der Waals surface area (Å²) >= 11 is 5.17. The number of benzene rings is 1. The van der Waals surface area contributed by atoms with Crippen molar-refractivity contribution in [2.45, 2.75) is 0 Å².